The fourth-order valence-corrected chi connectivity index (χ4v) is 3.00. The molecule has 0 aliphatic heterocycles. The lowest BCUT2D eigenvalue weighted by molar-refractivity contribution is -0.124. The van der Waals surface area contributed by atoms with Gasteiger partial charge in [0.1, 0.15) is 5.82 Å². The number of carbonyl (C=O) groups is 3. The van der Waals surface area contributed by atoms with E-state index in [1.165, 1.54) is 24.3 Å². The molecule has 0 spiro atoms. The zero-order valence-electron chi connectivity index (χ0n) is 16.4. The molecule has 3 aromatic carbocycles. The molecular formula is C24H19ClFNO4. The molecule has 1 N–H and O–H groups in total. The molecule has 0 radical (unpaired) electrons. The molecule has 3 aromatic rings. The summed E-state index contributed by atoms with van der Waals surface area (Å²) in [5.74, 6) is -1.92. The highest BCUT2D eigenvalue weighted by Crippen LogP contribution is 2.18. The molecule has 0 fully saturated rings. The molecule has 0 unspecified atom stereocenters. The van der Waals surface area contributed by atoms with Gasteiger partial charge in [0, 0.05) is 22.7 Å². The van der Waals surface area contributed by atoms with E-state index in [1.807, 2.05) is 0 Å². The smallest absolute Gasteiger partial charge is 0.339 e. The zero-order valence-corrected chi connectivity index (χ0v) is 17.2. The van der Waals surface area contributed by atoms with Gasteiger partial charge in [0.2, 0.25) is 0 Å². The lowest BCUT2D eigenvalue weighted by Crippen LogP contribution is -2.30. The van der Waals surface area contributed by atoms with E-state index in [-0.39, 0.29) is 22.7 Å². The third kappa shape index (κ3) is 6.23. The van der Waals surface area contributed by atoms with Gasteiger partial charge in [-0.2, -0.15) is 0 Å². The SMILES string of the molecule is O=C(COC(=O)c1ccccc1C(=O)c1ccc(Cl)cc1)NCCc1ccc(F)cc1. The zero-order chi connectivity index (χ0) is 22.2. The van der Waals surface area contributed by atoms with Crippen LogP contribution in [0.3, 0.4) is 0 Å². The number of hydrogen-bond donors (Lipinski definition) is 1. The van der Waals surface area contributed by atoms with Gasteiger partial charge in [0.15, 0.2) is 12.4 Å². The Morgan fingerprint density at radius 2 is 1.52 bits per heavy atom. The van der Waals surface area contributed by atoms with E-state index in [4.69, 9.17) is 16.3 Å². The van der Waals surface area contributed by atoms with Crippen LogP contribution in [-0.2, 0) is 16.0 Å². The molecule has 0 aliphatic rings. The molecular weight excluding hydrogens is 421 g/mol. The van der Waals surface area contributed by atoms with E-state index in [0.29, 0.717) is 23.6 Å². The van der Waals surface area contributed by atoms with Gasteiger partial charge in [-0.15, -0.1) is 0 Å². The number of hydrogen-bond acceptors (Lipinski definition) is 4. The maximum Gasteiger partial charge on any atom is 0.339 e. The van der Waals surface area contributed by atoms with E-state index in [9.17, 15) is 18.8 Å². The Labute approximate surface area is 183 Å². The molecule has 0 bridgehead atoms. The first kappa shape index (κ1) is 22.2. The molecule has 0 saturated carbocycles. The second-order valence-electron chi connectivity index (χ2n) is 6.68. The minimum Gasteiger partial charge on any atom is -0.452 e. The number of halogens is 2. The maximum absolute atomic E-state index is 12.9. The molecule has 3 rings (SSSR count). The quantitative estimate of drug-likeness (QED) is 0.421. The van der Waals surface area contributed by atoms with Crippen molar-refractivity contribution in [3.8, 4) is 0 Å². The summed E-state index contributed by atoms with van der Waals surface area (Å²) in [6.07, 6.45) is 0.512. The molecule has 0 aliphatic carbocycles. The fraction of sp³-hybridized carbons (Fsp3) is 0.125. The predicted molar refractivity (Wildman–Crippen MR) is 115 cm³/mol. The van der Waals surface area contributed by atoms with Gasteiger partial charge in [0.05, 0.1) is 5.56 Å². The average molecular weight is 440 g/mol. The van der Waals surface area contributed by atoms with Crippen LogP contribution < -0.4 is 5.32 Å². The van der Waals surface area contributed by atoms with Crippen molar-refractivity contribution in [3.63, 3.8) is 0 Å². The third-order valence-corrected chi connectivity index (χ3v) is 4.73. The van der Waals surface area contributed by atoms with Gasteiger partial charge in [-0.25, -0.2) is 9.18 Å². The number of benzene rings is 3. The number of ketones is 1. The number of carbonyl (C=O) groups excluding carboxylic acids is 3. The van der Waals surface area contributed by atoms with Gasteiger partial charge in [-0.05, 0) is 54.4 Å². The Hall–Kier alpha value is -3.51. The number of nitrogens with one attached hydrogen (secondary N) is 1. The van der Waals surface area contributed by atoms with Crippen LogP contribution in [-0.4, -0.2) is 30.8 Å². The van der Waals surface area contributed by atoms with Gasteiger partial charge in [0.25, 0.3) is 5.91 Å². The van der Waals surface area contributed by atoms with E-state index in [1.54, 1.807) is 48.5 Å². The highest BCUT2D eigenvalue weighted by molar-refractivity contribution is 6.30. The Morgan fingerprint density at radius 1 is 0.871 bits per heavy atom. The monoisotopic (exact) mass is 439 g/mol. The number of amides is 1. The lowest BCUT2D eigenvalue weighted by Gasteiger charge is -2.10. The first-order valence-corrected chi connectivity index (χ1v) is 9.89. The second-order valence-corrected chi connectivity index (χ2v) is 7.12. The summed E-state index contributed by atoms with van der Waals surface area (Å²) < 4.78 is 18.0. The Morgan fingerprint density at radius 3 is 2.19 bits per heavy atom. The van der Waals surface area contributed by atoms with Crippen molar-refractivity contribution in [2.75, 3.05) is 13.2 Å². The summed E-state index contributed by atoms with van der Waals surface area (Å²) in [7, 11) is 0. The van der Waals surface area contributed by atoms with Crippen molar-refractivity contribution in [2.45, 2.75) is 6.42 Å². The van der Waals surface area contributed by atoms with Crippen molar-refractivity contribution >= 4 is 29.3 Å². The average Bonchev–Trinajstić information content (AvgIpc) is 2.79. The number of esters is 1. The summed E-state index contributed by atoms with van der Waals surface area (Å²) >= 11 is 5.85. The summed E-state index contributed by atoms with van der Waals surface area (Å²) in [5.41, 5.74) is 1.49. The van der Waals surface area contributed by atoms with Crippen molar-refractivity contribution in [1.82, 2.24) is 5.32 Å². The topological polar surface area (TPSA) is 72.5 Å². The summed E-state index contributed by atoms with van der Waals surface area (Å²) in [5, 5.41) is 3.13. The van der Waals surface area contributed by atoms with Crippen LogP contribution in [0.15, 0.2) is 72.8 Å². The normalized spacial score (nSPS) is 10.4. The first-order valence-electron chi connectivity index (χ1n) is 9.51. The van der Waals surface area contributed by atoms with Gasteiger partial charge >= 0.3 is 5.97 Å². The molecule has 7 heteroatoms. The van der Waals surface area contributed by atoms with E-state index >= 15 is 0 Å². The van der Waals surface area contributed by atoms with Gasteiger partial charge < -0.3 is 10.1 Å². The predicted octanol–water partition coefficient (Wildman–Crippen LogP) is 4.23. The fourth-order valence-electron chi connectivity index (χ4n) is 2.87. The van der Waals surface area contributed by atoms with Gasteiger partial charge in [-0.1, -0.05) is 41.9 Å². The standard InChI is InChI=1S/C24H19ClFNO4/c25-18-9-7-17(8-10-18)23(29)20-3-1-2-4-21(20)24(30)31-15-22(28)27-14-13-16-5-11-19(26)12-6-16/h1-12H,13-15H2,(H,27,28). The van der Waals surface area contributed by atoms with E-state index in [2.05, 4.69) is 5.32 Å². The molecule has 1 amide bonds. The summed E-state index contributed by atoms with van der Waals surface area (Å²) in [4.78, 5) is 37.2. The van der Waals surface area contributed by atoms with Crippen molar-refractivity contribution in [1.29, 1.82) is 0 Å². The summed E-state index contributed by atoms with van der Waals surface area (Å²) in [6, 6.07) is 18.5. The third-order valence-electron chi connectivity index (χ3n) is 4.48. The second kappa shape index (κ2) is 10.5. The van der Waals surface area contributed by atoms with Crippen LogP contribution in [0.4, 0.5) is 4.39 Å². The van der Waals surface area contributed by atoms with Crippen molar-refractivity contribution in [3.05, 3.63) is 106 Å². The van der Waals surface area contributed by atoms with Crippen LogP contribution in [0.1, 0.15) is 31.8 Å². The molecule has 158 valence electrons. The molecule has 0 heterocycles. The van der Waals surface area contributed by atoms with Crippen molar-refractivity contribution < 1.29 is 23.5 Å². The van der Waals surface area contributed by atoms with Crippen LogP contribution >= 0.6 is 11.6 Å². The van der Waals surface area contributed by atoms with Crippen LogP contribution in [0.2, 0.25) is 5.02 Å². The highest BCUT2D eigenvalue weighted by Gasteiger charge is 2.19. The van der Waals surface area contributed by atoms with Crippen LogP contribution in [0.5, 0.6) is 0 Å². The van der Waals surface area contributed by atoms with Crippen molar-refractivity contribution in [2.24, 2.45) is 0 Å². The van der Waals surface area contributed by atoms with E-state index in [0.717, 1.165) is 5.56 Å². The van der Waals surface area contributed by atoms with Crippen LogP contribution in [0, 0.1) is 5.82 Å². The number of rotatable bonds is 8. The summed E-state index contributed by atoms with van der Waals surface area (Å²) in [6.45, 7) is -0.167. The van der Waals surface area contributed by atoms with E-state index < -0.39 is 18.5 Å². The highest BCUT2D eigenvalue weighted by atomic mass is 35.5. The minimum absolute atomic E-state index is 0.0709. The maximum atomic E-state index is 12.9. The molecule has 0 atom stereocenters. The minimum atomic E-state index is -0.772. The number of ether oxygens (including phenoxy) is 1. The van der Waals surface area contributed by atoms with Gasteiger partial charge in [-0.3, -0.25) is 9.59 Å². The first-order chi connectivity index (χ1) is 14.9. The lowest BCUT2D eigenvalue weighted by atomic mass is 9.98. The largest absolute Gasteiger partial charge is 0.452 e. The molecule has 31 heavy (non-hydrogen) atoms. The Balaban J connectivity index is 1.55. The molecule has 5 nitrogen and oxygen atoms in total. The molecule has 0 saturated heterocycles. The Kier molecular flexibility index (Phi) is 7.51. The Bertz CT molecular complexity index is 1080. The molecule has 0 aromatic heterocycles. The van der Waals surface area contributed by atoms with Crippen LogP contribution in [0.25, 0.3) is 0 Å².